The smallest absolute Gasteiger partial charge is 0.499 e. The van der Waals surface area contributed by atoms with Gasteiger partial charge in [-0.2, -0.15) is 5.26 Å². The molecule has 0 heterocycles. The maximum atomic E-state index is 12.4. The third kappa shape index (κ3) is 5.70. The largest absolute Gasteiger partial charge is 0.513 e. The number of nitro benzene ring substituents is 1. The Morgan fingerprint density at radius 1 is 1.32 bits per heavy atom. The number of nitro groups is 1. The third-order valence-electron chi connectivity index (χ3n) is 3.60. The van der Waals surface area contributed by atoms with Gasteiger partial charge in [-0.3, -0.25) is 14.9 Å². The molecule has 1 rings (SSSR count). The quantitative estimate of drug-likeness (QED) is 0.178. The molecule has 0 saturated heterocycles. The highest BCUT2D eigenvalue weighted by Gasteiger charge is 2.23. The number of rotatable bonds is 8. The van der Waals surface area contributed by atoms with Crippen LogP contribution in [0.15, 0.2) is 17.7 Å². The SMILES string of the molecule is CCCOC(=O)Oc1cc(C=C(C#N)C(=O)N(CC)CC)cc([N+](=O)[O-])c1O. The van der Waals surface area contributed by atoms with Crippen molar-refractivity contribution >= 4 is 23.8 Å². The van der Waals surface area contributed by atoms with Gasteiger partial charge in [0, 0.05) is 19.2 Å². The highest BCUT2D eigenvalue weighted by atomic mass is 16.7. The molecule has 0 unspecified atom stereocenters. The Labute approximate surface area is 161 Å². The van der Waals surface area contributed by atoms with Crippen molar-refractivity contribution in [3.05, 3.63) is 33.4 Å². The average molecular weight is 391 g/mol. The zero-order valence-corrected chi connectivity index (χ0v) is 15.8. The number of nitriles is 1. The minimum absolute atomic E-state index is 0.0276. The van der Waals surface area contributed by atoms with E-state index >= 15 is 0 Å². The van der Waals surface area contributed by atoms with Crippen molar-refractivity contribution in [2.24, 2.45) is 0 Å². The molecule has 10 nitrogen and oxygen atoms in total. The zero-order valence-electron chi connectivity index (χ0n) is 15.8. The first-order chi connectivity index (χ1) is 13.3. The molecule has 0 aliphatic heterocycles. The molecule has 0 atom stereocenters. The predicted molar refractivity (Wildman–Crippen MR) is 98.5 cm³/mol. The van der Waals surface area contributed by atoms with E-state index < -0.39 is 34.2 Å². The fraction of sp³-hybridized carbons (Fsp3) is 0.389. The lowest BCUT2D eigenvalue weighted by molar-refractivity contribution is -0.385. The molecule has 0 radical (unpaired) electrons. The monoisotopic (exact) mass is 391 g/mol. The number of aromatic hydroxyl groups is 1. The summed E-state index contributed by atoms with van der Waals surface area (Å²) in [5, 5.41) is 30.5. The van der Waals surface area contributed by atoms with Crippen molar-refractivity contribution in [2.75, 3.05) is 19.7 Å². The lowest BCUT2D eigenvalue weighted by atomic mass is 10.1. The van der Waals surface area contributed by atoms with Crippen molar-refractivity contribution in [1.82, 2.24) is 4.90 Å². The summed E-state index contributed by atoms with van der Waals surface area (Å²) >= 11 is 0. The van der Waals surface area contributed by atoms with Crippen LogP contribution in [0.5, 0.6) is 11.5 Å². The number of nitrogens with zero attached hydrogens (tertiary/aromatic N) is 3. The Hall–Kier alpha value is -3.61. The van der Waals surface area contributed by atoms with E-state index in [0.717, 1.165) is 18.2 Å². The topological polar surface area (TPSA) is 143 Å². The van der Waals surface area contributed by atoms with Gasteiger partial charge in [-0.25, -0.2) is 4.79 Å². The molecule has 0 spiro atoms. The summed E-state index contributed by atoms with van der Waals surface area (Å²) in [6.07, 6.45) is 0.507. The van der Waals surface area contributed by atoms with Gasteiger partial charge in [-0.05, 0) is 38.0 Å². The number of ether oxygens (including phenoxy) is 2. The molecule has 0 aromatic heterocycles. The van der Waals surface area contributed by atoms with Crippen molar-refractivity contribution < 1.29 is 29.1 Å². The molecule has 1 aromatic carbocycles. The highest BCUT2D eigenvalue weighted by molar-refractivity contribution is 6.01. The van der Waals surface area contributed by atoms with Gasteiger partial charge >= 0.3 is 11.8 Å². The number of phenolic OH excluding ortho intramolecular Hbond substituents is 1. The van der Waals surface area contributed by atoms with Gasteiger partial charge in [0.1, 0.15) is 11.6 Å². The van der Waals surface area contributed by atoms with Crippen LogP contribution in [0.2, 0.25) is 0 Å². The highest BCUT2D eigenvalue weighted by Crippen LogP contribution is 2.38. The van der Waals surface area contributed by atoms with E-state index in [-0.39, 0.29) is 17.7 Å². The van der Waals surface area contributed by atoms with Crippen LogP contribution in [0.1, 0.15) is 32.8 Å². The van der Waals surface area contributed by atoms with Crippen molar-refractivity contribution in [2.45, 2.75) is 27.2 Å². The van der Waals surface area contributed by atoms with E-state index in [1.807, 2.05) is 0 Å². The number of hydrogen-bond acceptors (Lipinski definition) is 8. The van der Waals surface area contributed by atoms with Crippen molar-refractivity contribution in [1.29, 1.82) is 5.26 Å². The Morgan fingerprint density at radius 3 is 2.46 bits per heavy atom. The van der Waals surface area contributed by atoms with Crippen molar-refractivity contribution in [3.63, 3.8) is 0 Å². The lowest BCUT2D eigenvalue weighted by Gasteiger charge is -2.17. The lowest BCUT2D eigenvalue weighted by Crippen LogP contribution is -2.31. The van der Waals surface area contributed by atoms with E-state index in [1.165, 1.54) is 4.90 Å². The summed E-state index contributed by atoms with van der Waals surface area (Å²) in [7, 11) is 0. The Kier molecular flexibility index (Phi) is 8.43. The van der Waals surface area contributed by atoms with E-state index in [9.17, 15) is 30.1 Å². The van der Waals surface area contributed by atoms with Crippen LogP contribution in [-0.2, 0) is 9.53 Å². The minimum atomic E-state index is -1.15. The number of phenols is 1. The number of carbonyl (C=O) groups excluding carboxylic acids is 2. The molecule has 1 amide bonds. The van der Waals surface area contributed by atoms with Crippen LogP contribution in [0.3, 0.4) is 0 Å². The van der Waals surface area contributed by atoms with Gasteiger partial charge in [-0.15, -0.1) is 0 Å². The first-order valence-electron chi connectivity index (χ1n) is 8.55. The van der Waals surface area contributed by atoms with Crippen LogP contribution >= 0.6 is 0 Å². The molecule has 10 heteroatoms. The maximum Gasteiger partial charge on any atom is 0.513 e. The summed E-state index contributed by atoms with van der Waals surface area (Å²) in [4.78, 5) is 35.7. The molecule has 0 bridgehead atoms. The third-order valence-corrected chi connectivity index (χ3v) is 3.60. The summed E-state index contributed by atoms with van der Waals surface area (Å²) in [6, 6.07) is 3.82. The molecular weight excluding hydrogens is 370 g/mol. The fourth-order valence-electron chi connectivity index (χ4n) is 2.21. The minimum Gasteiger partial charge on any atom is -0.499 e. The summed E-state index contributed by atoms with van der Waals surface area (Å²) in [5.74, 6) is -1.94. The number of hydrogen-bond donors (Lipinski definition) is 1. The molecule has 0 aliphatic carbocycles. The molecule has 0 aliphatic rings. The van der Waals surface area contributed by atoms with E-state index in [4.69, 9.17) is 9.47 Å². The molecule has 0 fully saturated rings. The van der Waals surface area contributed by atoms with Gasteiger partial charge in [-0.1, -0.05) is 6.92 Å². The summed E-state index contributed by atoms with van der Waals surface area (Å²) < 4.78 is 9.54. The predicted octanol–water partition coefficient (Wildman–Crippen LogP) is 3.00. The zero-order chi connectivity index (χ0) is 21.3. The van der Waals surface area contributed by atoms with Crippen LogP contribution in [0, 0.1) is 21.4 Å². The van der Waals surface area contributed by atoms with Crippen LogP contribution in [0.25, 0.3) is 6.08 Å². The van der Waals surface area contributed by atoms with Gasteiger partial charge in [0.2, 0.25) is 5.75 Å². The standard InChI is InChI=1S/C18H21N3O7/c1-4-7-27-18(24)28-15-10-12(9-14(16(15)22)21(25)26)8-13(11-19)17(23)20(5-2)6-3/h8-10,22H,4-7H2,1-3H3. The van der Waals surface area contributed by atoms with Crippen LogP contribution in [-0.4, -0.2) is 46.7 Å². The Balaban J connectivity index is 3.38. The summed E-state index contributed by atoms with van der Waals surface area (Å²) in [6.45, 7) is 6.07. The number of likely N-dealkylation sites (N-methyl/N-ethyl adjacent to an activating group) is 1. The second-order valence-corrected chi connectivity index (χ2v) is 5.49. The number of benzene rings is 1. The fourth-order valence-corrected chi connectivity index (χ4v) is 2.21. The Morgan fingerprint density at radius 2 is 1.96 bits per heavy atom. The van der Waals surface area contributed by atoms with E-state index in [0.29, 0.717) is 19.5 Å². The first kappa shape index (κ1) is 22.4. The normalized spacial score (nSPS) is 10.7. The average Bonchev–Trinajstić information content (AvgIpc) is 2.67. The second kappa shape index (κ2) is 10.5. The van der Waals surface area contributed by atoms with Crippen molar-refractivity contribution in [3.8, 4) is 17.6 Å². The molecule has 28 heavy (non-hydrogen) atoms. The van der Waals surface area contributed by atoms with Crippen LogP contribution in [0.4, 0.5) is 10.5 Å². The van der Waals surface area contributed by atoms with Crippen LogP contribution < -0.4 is 4.74 Å². The molecule has 150 valence electrons. The van der Waals surface area contributed by atoms with Gasteiger partial charge in [0.25, 0.3) is 5.91 Å². The van der Waals surface area contributed by atoms with Gasteiger partial charge < -0.3 is 19.5 Å². The van der Waals surface area contributed by atoms with E-state index in [1.54, 1.807) is 26.8 Å². The maximum absolute atomic E-state index is 12.4. The van der Waals surface area contributed by atoms with E-state index in [2.05, 4.69) is 0 Å². The molecule has 0 saturated carbocycles. The van der Waals surface area contributed by atoms with Gasteiger partial charge in [0.05, 0.1) is 11.5 Å². The molecular formula is C18H21N3O7. The second-order valence-electron chi connectivity index (χ2n) is 5.49. The molecule has 1 aromatic rings. The number of amides is 1. The summed E-state index contributed by atoms with van der Waals surface area (Å²) in [5.41, 5.74) is -0.984. The first-order valence-corrected chi connectivity index (χ1v) is 8.55. The van der Waals surface area contributed by atoms with Gasteiger partial charge in [0.15, 0.2) is 5.75 Å². The molecule has 1 N–H and O–H groups in total. The Bertz CT molecular complexity index is 823. The number of carbonyl (C=O) groups is 2.